The minimum atomic E-state index is 0.339. The molecular weight excluding hydrogens is 220 g/mol. The summed E-state index contributed by atoms with van der Waals surface area (Å²) in [7, 11) is 0. The van der Waals surface area contributed by atoms with E-state index in [9.17, 15) is 5.11 Å². The first-order valence-corrected chi connectivity index (χ1v) is 6.04. The standard InChI is InChI=1S/C17H14O/c1-12-6-4-11-16(18)17(12)15-10-5-8-13-7-2-3-9-14(13)15/h2-11,18H,1H3. The van der Waals surface area contributed by atoms with E-state index in [2.05, 4.69) is 24.3 Å². The smallest absolute Gasteiger partial charge is 0.123 e. The lowest BCUT2D eigenvalue weighted by Gasteiger charge is -2.11. The van der Waals surface area contributed by atoms with Crippen molar-refractivity contribution in [2.75, 3.05) is 0 Å². The van der Waals surface area contributed by atoms with Crippen molar-refractivity contribution >= 4 is 10.8 Å². The molecule has 0 aromatic heterocycles. The molecule has 0 aliphatic carbocycles. The molecule has 0 aliphatic rings. The second-order valence-electron chi connectivity index (χ2n) is 4.50. The molecule has 0 atom stereocenters. The van der Waals surface area contributed by atoms with Crippen LogP contribution in [-0.2, 0) is 0 Å². The largest absolute Gasteiger partial charge is 0.507 e. The van der Waals surface area contributed by atoms with Crippen molar-refractivity contribution in [3.63, 3.8) is 0 Å². The number of fused-ring (bicyclic) bond motifs is 1. The Hall–Kier alpha value is -2.28. The normalized spacial score (nSPS) is 10.7. The van der Waals surface area contributed by atoms with Gasteiger partial charge in [-0.1, -0.05) is 54.6 Å². The van der Waals surface area contributed by atoms with E-state index in [1.807, 2.05) is 37.3 Å². The summed E-state index contributed by atoms with van der Waals surface area (Å²) < 4.78 is 0. The highest BCUT2D eigenvalue weighted by atomic mass is 16.3. The number of phenolic OH excluding ortho intramolecular Hbond substituents is 1. The topological polar surface area (TPSA) is 20.2 Å². The number of benzene rings is 3. The third kappa shape index (κ3) is 1.65. The second-order valence-corrected chi connectivity index (χ2v) is 4.50. The van der Waals surface area contributed by atoms with Crippen molar-refractivity contribution in [1.82, 2.24) is 0 Å². The Kier molecular flexibility index (Phi) is 2.52. The minimum absolute atomic E-state index is 0.339. The molecule has 1 N–H and O–H groups in total. The maximum absolute atomic E-state index is 10.1. The highest BCUT2D eigenvalue weighted by Crippen LogP contribution is 2.36. The van der Waals surface area contributed by atoms with Crippen molar-refractivity contribution in [3.8, 4) is 16.9 Å². The first-order chi connectivity index (χ1) is 8.77. The van der Waals surface area contributed by atoms with Crippen LogP contribution in [0.1, 0.15) is 5.56 Å². The maximum atomic E-state index is 10.1. The van der Waals surface area contributed by atoms with Crippen LogP contribution >= 0.6 is 0 Å². The van der Waals surface area contributed by atoms with Crippen LogP contribution in [0.3, 0.4) is 0 Å². The Morgan fingerprint density at radius 1 is 0.778 bits per heavy atom. The summed E-state index contributed by atoms with van der Waals surface area (Å²) in [5.74, 6) is 0.339. The van der Waals surface area contributed by atoms with Gasteiger partial charge in [0.25, 0.3) is 0 Å². The van der Waals surface area contributed by atoms with E-state index in [4.69, 9.17) is 0 Å². The van der Waals surface area contributed by atoms with Crippen LogP contribution in [0.4, 0.5) is 0 Å². The summed E-state index contributed by atoms with van der Waals surface area (Å²) in [5.41, 5.74) is 3.10. The number of hydrogen-bond donors (Lipinski definition) is 1. The molecule has 18 heavy (non-hydrogen) atoms. The molecular formula is C17H14O. The van der Waals surface area contributed by atoms with Crippen molar-refractivity contribution in [3.05, 3.63) is 66.2 Å². The van der Waals surface area contributed by atoms with Crippen molar-refractivity contribution in [2.24, 2.45) is 0 Å². The molecule has 0 spiro atoms. The van der Waals surface area contributed by atoms with Crippen molar-refractivity contribution < 1.29 is 5.11 Å². The van der Waals surface area contributed by atoms with Gasteiger partial charge in [-0.15, -0.1) is 0 Å². The zero-order valence-corrected chi connectivity index (χ0v) is 10.2. The molecule has 3 aromatic rings. The molecule has 3 rings (SSSR count). The summed E-state index contributed by atoms with van der Waals surface area (Å²) in [6, 6.07) is 20.1. The van der Waals surface area contributed by atoms with Gasteiger partial charge in [-0.3, -0.25) is 0 Å². The molecule has 0 amide bonds. The van der Waals surface area contributed by atoms with Crippen LogP contribution in [0.2, 0.25) is 0 Å². The lowest BCUT2D eigenvalue weighted by Crippen LogP contribution is -1.86. The van der Waals surface area contributed by atoms with E-state index < -0.39 is 0 Å². The van der Waals surface area contributed by atoms with Crippen LogP contribution in [-0.4, -0.2) is 5.11 Å². The number of hydrogen-bond acceptors (Lipinski definition) is 1. The van der Waals surface area contributed by atoms with Gasteiger partial charge in [-0.25, -0.2) is 0 Å². The summed E-state index contributed by atoms with van der Waals surface area (Å²) in [6.45, 7) is 2.02. The zero-order valence-electron chi connectivity index (χ0n) is 10.2. The molecule has 0 aliphatic heterocycles. The minimum Gasteiger partial charge on any atom is -0.507 e. The molecule has 0 saturated carbocycles. The van der Waals surface area contributed by atoms with Gasteiger partial charge in [0.2, 0.25) is 0 Å². The summed E-state index contributed by atoms with van der Waals surface area (Å²) in [6.07, 6.45) is 0. The lowest BCUT2D eigenvalue weighted by molar-refractivity contribution is 0.477. The van der Waals surface area contributed by atoms with E-state index in [0.717, 1.165) is 16.7 Å². The van der Waals surface area contributed by atoms with E-state index in [-0.39, 0.29) is 0 Å². The fraction of sp³-hybridized carbons (Fsp3) is 0.0588. The lowest BCUT2D eigenvalue weighted by atomic mass is 9.94. The van der Waals surface area contributed by atoms with Crippen LogP contribution in [0.5, 0.6) is 5.75 Å². The van der Waals surface area contributed by atoms with Gasteiger partial charge in [-0.05, 0) is 34.9 Å². The molecule has 0 unspecified atom stereocenters. The second kappa shape index (κ2) is 4.19. The number of phenols is 1. The Bertz CT molecular complexity index is 688. The first kappa shape index (κ1) is 10.8. The van der Waals surface area contributed by atoms with Gasteiger partial charge in [-0.2, -0.15) is 0 Å². The fourth-order valence-corrected chi connectivity index (χ4v) is 2.45. The molecule has 0 saturated heterocycles. The third-order valence-electron chi connectivity index (χ3n) is 3.31. The predicted molar refractivity (Wildman–Crippen MR) is 75.8 cm³/mol. The molecule has 3 aromatic carbocycles. The summed E-state index contributed by atoms with van der Waals surface area (Å²) >= 11 is 0. The average Bonchev–Trinajstić information content (AvgIpc) is 2.39. The fourth-order valence-electron chi connectivity index (χ4n) is 2.45. The Labute approximate surface area is 106 Å². The Balaban J connectivity index is 2.39. The van der Waals surface area contributed by atoms with E-state index >= 15 is 0 Å². The van der Waals surface area contributed by atoms with Gasteiger partial charge in [0.05, 0.1) is 0 Å². The quantitative estimate of drug-likeness (QED) is 0.656. The summed E-state index contributed by atoms with van der Waals surface area (Å²) in [5, 5.41) is 12.5. The molecule has 1 nitrogen and oxygen atoms in total. The maximum Gasteiger partial charge on any atom is 0.123 e. The number of aryl methyl sites for hydroxylation is 1. The predicted octanol–water partition coefficient (Wildman–Crippen LogP) is 4.52. The van der Waals surface area contributed by atoms with E-state index in [0.29, 0.717) is 5.75 Å². The highest BCUT2D eigenvalue weighted by Gasteiger charge is 2.09. The molecule has 88 valence electrons. The van der Waals surface area contributed by atoms with E-state index in [1.165, 1.54) is 10.8 Å². The van der Waals surface area contributed by atoms with Crippen LogP contribution < -0.4 is 0 Å². The van der Waals surface area contributed by atoms with Crippen LogP contribution in [0.15, 0.2) is 60.7 Å². The summed E-state index contributed by atoms with van der Waals surface area (Å²) in [4.78, 5) is 0. The van der Waals surface area contributed by atoms with Crippen molar-refractivity contribution in [1.29, 1.82) is 0 Å². The molecule has 0 radical (unpaired) electrons. The van der Waals surface area contributed by atoms with Gasteiger partial charge in [0, 0.05) is 5.56 Å². The van der Waals surface area contributed by atoms with Gasteiger partial charge in [0.1, 0.15) is 5.75 Å². The SMILES string of the molecule is Cc1cccc(O)c1-c1cccc2ccccc12. The number of rotatable bonds is 1. The average molecular weight is 234 g/mol. The van der Waals surface area contributed by atoms with Gasteiger partial charge >= 0.3 is 0 Å². The number of aromatic hydroxyl groups is 1. The first-order valence-electron chi connectivity index (χ1n) is 6.04. The van der Waals surface area contributed by atoms with Crippen LogP contribution in [0, 0.1) is 6.92 Å². The Morgan fingerprint density at radius 3 is 2.33 bits per heavy atom. The van der Waals surface area contributed by atoms with Gasteiger partial charge < -0.3 is 5.11 Å². The van der Waals surface area contributed by atoms with E-state index in [1.54, 1.807) is 6.07 Å². The van der Waals surface area contributed by atoms with Crippen molar-refractivity contribution in [2.45, 2.75) is 6.92 Å². The Morgan fingerprint density at radius 2 is 1.50 bits per heavy atom. The molecule has 0 fully saturated rings. The zero-order chi connectivity index (χ0) is 12.5. The molecule has 1 heteroatoms. The molecule has 0 heterocycles. The van der Waals surface area contributed by atoms with Gasteiger partial charge in [0.15, 0.2) is 0 Å². The monoisotopic (exact) mass is 234 g/mol. The third-order valence-corrected chi connectivity index (χ3v) is 3.31. The highest BCUT2D eigenvalue weighted by molar-refractivity contribution is 5.98. The van der Waals surface area contributed by atoms with Crippen LogP contribution in [0.25, 0.3) is 21.9 Å². The molecule has 0 bridgehead atoms.